The number of hydrogen-bond acceptors (Lipinski definition) is 3. The van der Waals surface area contributed by atoms with Gasteiger partial charge < -0.3 is 10.1 Å². The number of hydrogen-bond donors (Lipinski definition) is 1. The zero-order valence-electron chi connectivity index (χ0n) is 13.6. The van der Waals surface area contributed by atoms with Crippen LogP contribution >= 0.6 is 0 Å². The van der Waals surface area contributed by atoms with E-state index in [0.717, 1.165) is 5.56 Å². The van der Waals surface area contributed by atoms with E-state index in [2.05, 4.69) is 17.2 Å². The van der Waals surface area contributed by atoms with Crippen molar-refractivity contribution in [2.45, 2.75) is 19.4 Å². The van der Waals surface area contributed by atoms with Crippen LogP contribution in [0, 0.1) is 29.0 Å². The Morgan fingerprint density at radius 3 is 2.68 bits per heavy atom. The highest BCUT2D eigenvalue weighted by Crippen LogP contribution is 2.09. The Balaban J connectivity index is 1.72. The van der Waals surface area contributed by atoms with Gasteiger partial charge in [-0.3, -0.25) is 0 Å². The van der Waals surface area contributed by atoms with Crippen molar-refractivity contribution < 1.29 is 13.9 Å². The van der Waals surface area contributed by atoms with E-state index < -0.39 is 11.9 Å². The Labute approximate surface area is 146 Å². The first-order chi connectivity index (χ1) is 12.2. The van der Waals surface area contributed by atoms with Crippen molar-refractivity contribution >= 4 is 6.09 Å². The Hall–Kier alpha value is -3.31. The number of nitrogens with one attached hydrogen (secondary N) is 1. The molecule has 0 aliphatic heterocycles. The molecule has 0 unspecified atom stereocenters. The summed E-state index contributed by atoms with van der Waals surface area (Å²) in [4.78, 5) is 11.5. The molecule has 2 aromatic rings. The van der Waals surface area contributed by atoms with Gasteiger partial charge in [0.05, 0.1) is 18.1 Å². The van der Waals surface area contributed by atoms with Gasteiger partial charge in [-0.1, -0.05) is 48.2 Å². The van der Waals surface area contributed by atoms with Crippen molar-refractivity contribution in [3.63, 3.8) is 0 Å². The summed E-state index contributed by atoms with van der Waals surface area (Å²) >= 11 is 0. The van der Waals surface area contributed by atoms with Crippen molar-refractivity contribution in [3.05, 3.63) is 71.0 Å². The van der Waals surface area contributed by atoms with Crippen molar-refractivity contribution in [2.75, 3.05) is 6.54 Å². The second-order valence-electron chi connectivity index (χ2n) is 5.19. The maximum atomic E-state index is 13.8. The van der Waals surface area contributed by atoms with Gasteiger partial charge in [0.1, 0.15) is 12.4 Å². The lowest BCUT2D eigenvalue weighted by Crippen LogP contribution is -2.24. The van der Waals surface area contributed by atoms with Crippen molar-refractivity contribution in [3.8, 4) is 17.9 Å². The van der Waals surface area contributed by atoms with Crippen LogP contribution in [0.4, 0.5) is 9.18 Å². The first kappa shape index (κ1) is 18.0. The monoisotopic (exact) mass is 336 g/mol. The van der Waals surface area contributed by atoms with E-state index in [1.807, 2.05) is 36.4 Å². The minimum atomic E-state index is -0.516. The van der Waals surface area contributed by atoms with Gasteiger partial charge in [0, 0.05) is 13.0 Å². The standard InChI is InChI=1S/C20H17FN2O2/c21-19-14-16(11-12-22)9-10-18(19)8-4-5-13-23-20(24)25-15-17-6-2-1-3-7-17/h1-3,6-7,9-10,14H,5,11,13,15H2,(H,23,24). The van der Waals surface area contributed by atoms with E-state index in [4.69, 9.17) is 10.00 Å². The lowest BCUT2D eigenvalue weighted by molar-refractivity contribution is 0.140. The third-order valence-electron chi connectivity index (χ3n) is 3.27. The van der Waals surface area contributed by atoms with Crippen LogP contribution in [0.2, 0.25) is 0 Å². The fourth-order valence-electron chi connectivity index (χ4n) is 2.02. The fourth-order valence-corrected chi connectivity index (χ4v) is 2.02. The van der Waals surface area contributed by atoms with Crippen molar-refractivity contribution in [1.82, 2.24) is 5.32 Å². The molecule has 5 heteroatoms. The summed E-state index contributed by atoms with van der Waals surface area (Å²) in [6.07, 6.45) is 0.0251. The molecule has 2 aromatic carbocycles. The van der Waals surface area contributed by atoms with E-state index in [9.17, 15) is 9.18 Å². The lowest BCUT2D eigenvalue weighted by Gasteiger charge is -2.05. The summed E-state index contributed by atoms with van der Waals surface area (Å²) in [7, 11) is 0. The molecule has 0 bridgehead atoms. The van der Waals surface area contributed by atoms with Gasteiger partial charge in [0.25, 0.3) is 0 Å². The molecule has 126 valence electrons. The van der Waals surface area contributed by atoms with Crippen LogP contribution in [0.15, 0.2) is 48.5 Å². The molecule has 1 N–H and O–H groups in total. The van der Waals surface area contributed by atoms with Gasteiger partial charge in [0.15, 0.2) is 0 Å². The van der Waals surface area contributed by atoms with Gasteiger partial charge in [-0.2, -0.15) is 5.26 Å². The molecular formula is C20H17FN2O2. The van der Waals surface area contributed by atoms with Crippen LogP contribution in [0.5, 0.6) is 0 Å². The van der Waals surface area contributed by atoms with E-state index in [0.29, 0.717) is 18.5 Å². The van der Waals surface area contributed by atoms with Crippen LogP contribution in [-0.2, 0) is 17.8 Å². The van der Waals surface area contributed by atoms with Crippen LogP contribution in [0.3, 0.4) is 0 Å². The van der Waals surface area contributed by atoms with Crippen LogP contribution < -0.4 is 5.32 Å². The fraction of sp³-hybridized carbons (Fsp3) is 0.200. The molecule has 0 aliphatic rings. The molecule has 0 fully saturated rings. The van der Waals surface area contributed by atoms with Gasteiger partial charge in [-0.25, -0.2) is 9.18 Å². The summed E-state index contributed by atoms with van der Waals surface area (Å²) in [5, 5.41) is 11.2. The highest BCUT2D eigenvalue weighted by atomic mass is 19.1. The number of ether oxygens (including phenoxy) is 1. The maximum Gasteiger partial charge on any atom is 0.407 e. The predicted molar refractivity (Wildman–Crippen MR) is 91.8 cm³/mol. The molecule has 0 saturated carbocycles. The molecule has 25 heavy (non-hydrogen) atoms. The zero-order chi connectivity index (χ0) is 17.9. The number of rotatable bonds is 5. The highest BCUT2D eigenvalue weighted by molar-refractivity contribution is 5.67. The Morgan fingerprint density at radius 1 is 1.16 bits per heavy atom. The Morgan fingerprint density at radius 2 is 1.96 bits per heavy atom. The van der Waals surface area contributed by atoms with E-state index in [-0.39, 0.29) is 18.6 Å². The van der Waals surface area contributed by atoms with Crippen LogP contribution in [-0.4, -0.2) is 12.6 Å². The molecule has 0 aliphatic carbocycles. The topological polar surface area (TPSA) is 62.1 Å². The SMILES string of the molecule is N#CCc1ccc(C#CCCNC(=O)OCc2ccccc2)c(F)c1. The number of carbonyl (C=O) groups excluding carboxylic acids is 1. The molecule has 0 heterocycles. The number of nitrogens with zero attached hydrogens (tertiary/aromatic N) is 1. The maximum absolute atomic E-state index is 13.8. The summed E-state index contributed by atoms with van der Waals surface area (Å²) in [5.41, 5.74) is 1.80. The highest BCUT2D eigenvalue weighted by Gasteiger charge is 2.02. The van der Waals surface area contributed by atoms with Crippen molar-refractivity contribution in [1.29, 1.82) is 5.26 Å². The zero-order valence-corrected chi connectivity index (χ0v) is 13.6. The van der Waals surface area contributed by atoms with Gasteiger partial charge in [0.2, 0.25) is 0 Å². The summed E-state index contributed by atoms with van der Waals surface area (Å²) in [6, 6.07) is 15.9. The second-order valence-corrected chi connectivity index (χ2v) is 5.19. The Kier molecular flexibility index (Phi) is 7.03. The average Bonchev–Trinajstić information content (AvgIpc) is 2.62. The molecule has 0 atom stereocenters. The number of carbonyl (C=O) groups is 1. The first-order valence-electron chi connectivity index (χ1n) is 7.78. The predicted octanol–water partition coefficient (Wildman–Crippen LogP) is 3.56. The van der Waals surface area contributed by atoms with E-state index >= 15 is 0 Å². The first-order valence-corrected chi connectivity index (χ1v) is 7.78. The summed E-state index contributed by atoms with van der Waals surface area (Å²) in [5.74, 6) is 5.06. The van der Waals surface area contributed by atoms with E-state index in [1.54, 1.807) is 12.1 Å². The molecule has 0 aromatic heterocycles. The number of amides is 1. The third-order valence-corrected chi connectivity index (χ3v) is 3.27. The smallest absolute Gasteiger partial charge is 0.407 e. The average molecular weight is 336 g/mol. The number of nitriles is 1. The van der Waals surface area contributed by atoms with Crippen LogP contribution in [0.25, 0.3) is 0 Å². The van der Waals surface area contributed by atoms with Gasteiger partial charge in [-0.15, -0.1) is 0 Å². The number of benzene rings is 2. The van der Waals surface area contributed by atoms with Gasteiger partial charge >= 0.3 is 6.09 Å². The quantitative estimate of drug-likeness (QED) is 0.671. The normalized spacial score (nSPS) is 9.44. The molecule has 1 amide bonds. The molecular weight excluding hydrogens is 319 g/mol. The molecule has 2 rings (SSSR count). The second kappa shape index (κ2) is 9.75. The molecule has 0 radical (unpaired) electrons. The lowest BCUT2D eigenvalue weighted by atomic mass is 10.1. The van der Waals surface area contributed by atoms with Gasteiger partial charge in [-0.05, 0) is 23.3 Å². The molecule has 0 spiro atoms. The summed E-state index contributed by atoms with van der Waals surface area (Å²) in [6.45, 7) is 0.521. The largest absolute Gasteiger partial charge is 0.445 e. The molecule has 4 nitrogen and oxygen atoms in total. The van der Waals surface area contributed by atoms with Crippen LogP contribution in [0.1, 0.15) is 23.1 Å². The molecule has 0 saturated heterocycles. The minimum Gasteiger partial charge on any atom is -0.445 e. The van der Waals surface area contributed by atoms with E-state index in [1.165, 1.54) is 6.07 Å². The Bertz CT molecular complexity index is 817. The minimum absolute atomic E-state index is 0.166. The number of alkyl carbamates (subject to hydrolysis) is 1. The number of halogens is 1. The summed E-state index contributed by atoms with van der Waals surface area (Å²) < 4.78 is 18.8. The third kappa shape index (κ3) is 6.37. The van der Waals surface area contributed by atoms with Crippen molar-refractivity contribution in [2.24, 2.45) is 0 Å².